The number of ether oxygens (including phenoxy) is 1. The highest BCUT2D eigenvalue weighted by Gasteiger charge is 2.17. The highest BCUT2D eigenvalue weighted by molar-refractivity contribution is 5.94. The first-order valence-corrected chi connectivity index (χ1v) is 8.85. The van der Waals surface area contributed by atoms with Crippen LogP contribution in [0.3, 0.4) is 0 Å². The van der Waals surface area contributed by atoms with E-state index in [1.165, 1.54) is 0 Å². The first kappa shape index (κ1) is 17.7. The molecule has 3 aromatic rings. The van der Waals surface area contributed by atoms with Crippen molar-refractivity contribution in [2.24, 2.45) is 0 Å². The topological polar surface area (TPSA) is 67.0 Å². The SMILES string of the molecule is CCOc1ccc(C(=O)NC(CC)c2ncc(-c3ccccc3)[nH]2)cc1. The lowest BCUT2D eigenvalue weighted by Gasteiger charge is -2.15. The maximum Gasteiger partial charge on any atom is 0.251 e. The molecule has 134 valence electrons. The van der Waals surface area contributed by atoms with Gasteiger partial charge < -0.3 is 15.0 Å². The van der Waals surface area contributed by atoms with Gasteiger partial charge in [-0.2, -0.15) is 0 Å². The summed E-state index contributed by atoms with van der Waals surface area (Å²) in [6.07, 6.45) is 2.54. The zero-order valence-electron chi connectivity index (χ0n) is 15.0. The van der Waals surface area contributed by atoms with Crippen LogP contribution in [0.4, 0.5) is 0 Å². The van der Waals surface area contributed by atoms with Gasteiger partial charge in [-0.05, 0) is 43.2 Å². The first-order valence-electron chi connectivity index (χ1n) is 8.85. The van der Waals surface area contributed by atoms with Gasteiger partial charge in [0.25, 0.3) is 5.91 Å². The van der Waals surface area contributed by atoms with E-state index in [4.69, 9.17) is 4.74 Å². The quantitative estimate of drug-likeness (QED) is 0.666. The average Bonchev–Trinajstić information content (AvgIpc) is 3.17. The van der Waals surface area contributed by atoms with Crippen molar-refractivity contribution in [3.63, 3.8) is 0 Å². The Morgan fingerprint density at radius 1 is 1.12 bits per heavy atom. The number of aromatic amines is 1. The second-order valence-corrected chi connectivity index (χ2v) is 5.94. The first-order chi connectivity index (χ1) is 12.7. The third kappa shape index (κ3) is 4.11. The smallest absolute Gasteiger partial charge is 0.251 e. The van der Waals surface area contributed by atoms with Crippen LogP contribution in [0.2, 0.25) is 0 Å². The van der Waals surface area contributed by atoms with Gasteiger partial charge in [-0.1, -0.05) is 37.3 Å². The maximum absolute atomic E-state index is 12.5. The Labute approximate surface area is 153 Å². The van der Waals surface area contributed by atoms with Crippen LogP contribution in [-0.2, 0) is 0 Å². The average molecular weight is 349 g/mol. The van der Waals surface area contributed by atoms with Gasteiger partial charge in [-0.25, -0.2) is 4.98 Å². The fraction of sp³-hybridized carbons (Fsp3) is 0.238. The number of carbonyl (C=O) groups is 1. The Morgan fingerprint density at radius 2 is 1.85 bits per heavy atom. The lowest BCUT2D eigenvalue weighted by Crippen LogP contribution is -2.28. The Kier molecular flexibility index (Phi) is 5.69. The Morgan fingerprint density at radius 3 is 2.50 bits per heavy atom. The summed E-state index contributed by atoms with van der Waals surface area (Å²) in [5.74, 6) is 1.39. The van der Waals surface area contributed by atoms with Crippen LogP contribution in [0, 0.1) is 0 Å². The maximum atomic E-state index is 12.5. The van der Waals surface area contributed by atoms with Gasteiger partial charge in [0.1, 0.15) is 11.6 Å². The van der Waals surface area contributed by atoms with Crippen molar-refractivity contribution in [1.82, 2.24) is 15.3 Å². The fourth-order valence-corrected chi connectivity index (χ4v) is 2.75. The third-order valence-electron chi connectivity index (χ3n) is 4.15. The standard InChI is InChI=1S/C21H23N3O2/c1-3-18(20-22-14-19(23-20)15-8-6-5-7-9-15)24-21(25)16-10-12-17(13-11-16)26-4-2/h5-14,18H,3-4H2,1-2H3,(H,22,23)(H,24,25). The number of H-pyrrole nitrogens is 1. The lowest BCUT2D eigenvalue weighted by molar-refractivity contribution is 0.0934. The minimum Gasteiger partial charge on any atom is -0.494 e. The van der Waals surface area contributed by atoms with Gasteiger partial charge in [0.2, 0.25) is 0 Å². The number of hydrogen-bond donors (Lipinski definition) is 2. The molecule has 1 unspecified atom stereocenters. The van der Waals surface area contributed by atoms with Crippen molar-refractivity contribution in [3.05, 3.63) is 72.2 Å². The molecule has 0 aliphatic carbocycles. The number of amides is 1. The summed E-state index contributed by atoms with van der Waals surface area (Å²) < 4.78 is 5.41. The van der Waals surface area contributed by atoms with E-state index < -0.39 is 0 Å². The van der Waals surface area contributed by atoms with Crippen molar-refractivity contribution in [2.75, 3.05) is 6.61 Å². The number of benzene rings is 2. The molecule has 0 aliphatic heterocycles. The van der Waals surface area contributed by atoms with Gasteiger partial charge in [-0.15, -0.1) is 0 Å². The van der Waals surface area contributed by atoms with Crippen molar-refractivity contribution in [3.8, 4) is 17.0 Å². The summed E-state index contributed by atoms with van der Waals surface area (Å²) in [6.45, 7) is 4.55. The van der Waals surface area contributed by atoms with E-state index in [9.17, 15) is 4.79 Å². The second-order valence-electron chi connectivity index (χ2n) is 5.94. The van der Waals surface area contributed by atoms with Gasteiger partial charge in [0.15, 0.2) is 0 Å². The largest absolute Gasteiger partial charge is 0.494 e. The van der Waals surface area contributed by atoms with Crippen molar-refractivity contribution in [1.29, 1.82) is 0 Å². The molecule has 5 heteroatoms. The van der Waals surface area contributed by atoms with Crippen LogP contribution in [0.25, 0.3) is 11.3 Å². The van der Waals surface area contributed by atoms with Crippen molar-refractivity contribution < 1.29 is 9.53 Å². The minimum atomic E-state index is -0.175. The number of rotatable bonds is 7. The normalized spacial score (nSPS) is 11.8. The monoisotopic (exact) mass is 349 g/mol. The highest BCUT2D eigenvalue weighted by Crippen LogP contribution is 2.21. The molecule has 1 aromatic heterocycles. The zero-order valence-corrected chi connectivity index (χ0v) is 15.0. The van der Waals surface area contributed by atoms with Crippen molar-refractivity contribution in [2.45, 2.75) is 26.3 Å². The van der Waals surface area contributed by atoms with E-state index in [2.05, 4.69) is 15.3 Å². The van der Waals surface area contributed by atoms with E-state index in [0.717, 1.165) is 29.3 Å². The predicted octanol–water partition coefficient (Wildman–Crippen LogP) is 4.36. The Bertz CT molecular complexity index is 841. The Balaban J connectivity index is 1.71. The van der Waals surface area contributed by atoms with E-state index in [0.29, 0.717) is 12.2 Å². The number of carbonyl (C=O) groups excluding carboxylic acids is 1. The molecule has 5 nitrogen and oxygen atoms in total. The Hall–Kier alpha value is -3.08. The number of imidazole rings is 1. The third-order valence-corrected chi connectivity index (χ3v) is 4.15. The van der Waals surface area contributed by atoms with Gasteiger partial charge in [0.05, 0.1) is 24.5 Å². The van der Waals surface area contributed by atoms with Crippen LogP contribution in [0.5, 0.6) is 5.75 Å². The molecule has 1 heterocycles. The lowest BCUT2D eigenvalue weighted by atomic mass is 10.1. The molecule has 0 fully saturated rings. The van der Waals surface area contributed by atoms with Gasteiger partial charge in [0, 0.05) is 5.56 Å². The molecular weight excluding hydrogens is 326 g/mol. The number of nitrogens with one attached hydrogen (secondary N) is 2. The van der Waals surface area contributed by atoms with Crippen LogP contribution in [-0.4, -0.2) is 22.5 Å². The minimum absolute atomic E-state index is 0.127. The molecular formula is C21H23N3O2. The second kappa shape index (κ2) is 8.34. The van der Waals surface area contributed by atoms with Crippen LogP contribution >= 0.6 is 0 Å². The van der Waals surface area contributed by atoms with Crippen LogP contribution in [0.15, 0.2) is 60.8 Å². The number of nitrogens with zero attached hydrogens (tertiary/aromatic N) is 1. The van der Waals surface area contributed by atoms with Crippen LogP contribution in [0.1, 0.15) is 42.5 Å². The van der Waals surface area contributed by atoms with E-state index in [1.807, 2.05) is 44.2 Å². The highest BCUT2D eigenvalue weighted by atomic mass is 16.5. The van der Waals surface area contributed by atoms with Crippen molar-refractivity contribution >= 4 is 5.91 Å². The molecule has 0 radical (unpaired) electrons. The molecule has 26 heavy (non-hydrogen) atoms. The zero-order chi connectivity index (χ0) is 18.4. The summed E-state index contributed by atoms with van der Waals surface area (Å²) >= 11 is 0. The molecule has 2 N–H and O–H groups in total. The van der Waals surface area contributed by atoms with E-state index >= 15 is 0 Å². The summed E-state index contributed by atoms with van der Waals surface area (Å²) in [7, 11) is 0. The molecule has 2 aromatic carbocycles. The summed E-state index contributed by atoms with van der Waals surface area (Å²) in [5, 5.41) is 3.04. The molecule has 0 spiro atoms. The predicted molar refractivity (Wildman–Crippen MR) is 102 cm³/mol. The molecule has 0 bridgehead atoms. The number of aromatic nitrogens is 2. The summed E-state index contributed by atoms with van der Waals surface area (Å²) in [6, 6.07) is 17.0. The molecule has 3 rings (SSSR count). The fourth-order valence-electron chi connectivity index (χ4n) is 2.75. The summed E-state index contributed by atoms with van der Waals surface area (Å²) in [4.78, 5) is 20.3. The molecule has 0 saturated heterocycles. The van der Waals surface area contributed by atoms with Crippen LogP contribution < -0.4 is 10.1 Å². The molecule has 1 amide bonds. The van der Waals surface area contributed by atoms with Gasteiger partial charge >= 0.3 is 0 Å². The summed E-state index contributed by atoms with van der Waals surface area (Å²) in [5.41, 5.74) is 2.61. The molecule has 1 atom stereocenters. The van der Waals surface area contributed by atoms with E-state index in [1.54, 1.807) is 30.5 Å². The molecule has 0 aliphatic rings. The van der Waals surface area contributed by atoms with Gasteiger partial charge in [-0.3, -0.25) is 4.79 Å². The molecule has 0 saturated carbocycles. The number of hydrogen-bond acceptors (Lipinski definition) is 3. The van der Waals surface area contributed by atoms with E-state index in [-0.39, 0.29) is 11.9 Å².